The van der Waals surface area contributed by atoms with E-state index in [1.54, 1.807) is 0 Å². The second kappa shape index (κ2) is 6.76. The van der Waals surface area contributed by atoms with Crippen molar-refractivity contribution in [3.05, 3.63) is 57.3 Å². The van der Waals surface area contributed by atoms with Crippen LogP contribution in [-0.4, -0.2) is 13.4 Å². The zero-order valence-corrected chi connectivity index (χ0v) is 14.4. The zero-order valence-electron chi connectivity index (χ0n) is 11.2. The molecule has 1 aromatic carbocycles. The van der Waals surface area contributed by atoms with Gasteiger partial charge in [0.1, 0.15) is 10.0 Å². The predicted octanol–water partition coefficient (Wildman–Crippen LogP) is 3.99. The van der Waals surface area contributed by atoms with Crippen molar-refractivity contribution >= 4 is 37.6 Å². The van der Waals surface area contributed by atoms with E-state index >= 15 is 0 Å². The lowest BCUT2D eigenvalue weighted by atomic mass is 10.1. The highest BCUT2D eigenvalue weighted by atomic mass is 79.9. The minimum atomic E-state index is -4.44. The van der Waals surface area contributed by atoms with Gasteiger partial charge in [-0.3, -0.25) is 0 Å². The number of hydrogen-bond donors (Lipinski definition) is 1. The fourth-order valence-corrected chi connectivity index (χ4v) is 3.62. The standard InChI is InChI=1S/C13H9BrClF3N2O2S/c14-10-5-11(12(15)19-7-10)23(21,22)20-6-8-1-3-9(4-2-8)13(16,17)18/h1-5,7,20H,6H2. The number of hydrogen-bond acceptors (Lipinski definition) is 3. The molecule has 0 spiro atoms. The van der Waals surface area contributed by atoms with E-state index in [-0.39, 0.29) is 16.6 Å². The lowest BCUT2D eigenvalue weighted by molar-refractivity contribution is -0.137. The van der Waals surface area contributed by atoms with Crippen molar-refractivity contribution in [2.75, 3.05) is 0 Å². The summed E-state index contributed by atoms with van der Waals surface area (Å²) in [6, 6.07) is 5.46. The van der Waals surface area contributed by atoms with Gasteiger partial charge in [0.2, 0.25) is 10.0 Å². The van der Waals surface area contributed by atoms with Crippen molar-refractivity contribution in [1.29, 1.82) is 0 Å². The summed E-state index contributed by atoms with van der Waals surface area (Å²) in [5.41, 5.74) is -0.427. The Kier molecular flexibility index (Phi) is 5.34. The Labute approximate surface area is 143 Å². The molecule has 0 atom stereocenters. The van der Waals surface area contributed by atoms with Crippen molar-refractivity contribution in [2.45, 2.75) is 17.6 Å². The van der Waals surface area contributed by atoms with Gasteiger partial charge in [-0.25, -0.2) is 18.1 Å². The average Bonchev–Trinajstić information content (AvgIpc) is 2.47. The summed E-state index contributed by atoms with van der Waals surface area (Å²) in [6.07, 6.45) is -3.09. The van der Waals surface area contributed by atoms with Crippen molar-refractivity contribution in [3.63, 3.8) is 0 Å². The molecular formula is C13H9BrClF3N2O2S. The molecule has 0 aliphatic heterocycles. The van der Waals surface area contributed by atoms with Gasteiger partial charge in [-0.1, -0.05) is 23.7 Å². The van der Waals surface area contributed by atoms with Crippen molar-refractivity contribution in [3.8, 4) is 0 Å². The van der Waals surface area contributed by atoms with Crippen LogP contribution < -0.4 is 4.72 Å². The van der Waals surface area contributed by atoms with Gasteiger partial charge >= 0.3 is 6.18 Å². The number of pyridine rings is 1. The fourth-order valence-electron chi connectivity index (χ4n) is 1.66. The molecule has 0 unspecified atom stereocenters. The third kappa shape index (κ3) is 4.66. The van der Waals surface area contributed by atoms with Crippen LogP contribution in [-0.2, 0) is 22.7 Å². The van der Waals surface area contributed by atoms with Crippen LogP contribution in [0.25, 0.3) is 0 Å². The minimum Gasteiger partial charge on any atom is -0.242 e. The molecule has 2 rings (SSSR count). The summed E-state index contributed by atoms with van der Waals surface area (Å²) in [5.74, 6) is 0. The first-order valence-corrected chi connectivity index (χ1v) is 8.72. The van der Waals surface area contributed by atoms with Crippen LogP contribution in [0.4, 0.5) is 13.2 Å². The smallest absolute Gasteiger partial charge is 0.242 e. The molecule has 0 saturated heterocycles. The lowest BCUT2D eigenvalue weighted by Gasteiger charge is -2.10. The summed E-state index contributed by atoms with van der Waals surface area (Å²) in [5, 5.41) is -0.201. The van der Waals surface area contributed by atoms with E-state index in [4.69, 9.17) is 11.6 Å². The van der Waals surface area contributed by atoms with Gasteiger partial charge in [0.05, 0.1) is 5.56 Å². The molecule has 124 valence electrons. The first kappa shape index (κ1) is 18.2. The molecule has 0 saturated carbocycles. The minimum absolute atomic E-state index is 0.177. The second-order valence-electron chi connectivity index (χ2n) is 4.46. The maximum Gasteiger partial charge on any atom is 0.416 e. The Balaban J connectivity index is 2.15. The highest BCUT2D eigenvalue weighted by Gasteiger charge is 2.30. The highest BCUT2D eigenvalue weighted by molar-refractivity contribution is 9.10. The van der Waals surface area contributed by atoms with Crippen LogP contribution >= 0.6 is 27.5 Å². The third-order valence-electron chi connectivity index (χ3n) is 2.81. The summed E-state index contributed by atoms with van der Waals surface area (Å²) < 4.78 is 64.4. The fraction of sp³-hybridized carbons (Fsp3) is 0.154. The number of rotatable bonds is 4. The van der Waals surface area contributed by atoms with Gasteiger partial charge in [-0.2, -0.15) is 13.2 Å². The van der Waals surface area contributed by atoms with E-state index in [0.717, 1.165) is 12.1 Å². The van der Waals surface area contributed by atoms with Crippen LogP contribution in [0, 0.1) is 0 Å². The van der Waals surface area contributed by atoms with Crippen LogP contribution in [0.15, 0.2) is 45.9 Å². The molecule has 0 bridgehead atoms. The van der Waals surface area contributed by atoms with Crippen LogP contribution in [0.5, 0.6) is 0 Å². The van der Waals surface area contributed by atoms with E-state index in [0.29, 0.717) is 10.0 Å². The molecular weight excluding hydrogens is 421 g/mol. The topological polar surface area (TPSA) is 59.1 Å². The van der Waals surface area contributed by atoms with E-state index in [1.165, 1.54) is 24.4 Å². The molecule has 4 nitrogen and oxygen atoms in total. The number of benzene rings is 1. The molecule has 23 heavy (non-hydrogen) atoms. The summed E-state index contributed by atoms with van der Waals surface area (Å²) in [4.78, 5) is 3.49. The van der Waals surface area contributed by atoms with Gasteiger partial charge in [0.15, 0.2) is 0 Å². The van der Waals surface area contributed by atoms with E-state index < -0.39 is 21.8 Å². The number of sulfonamides is 1. The maximum absolute atomic E-state index is 12.5. The number of nitrogens with one attached hydrogen (secondary N) is 1. The van der Waals surface area contributed by atoms with Gasteiger partial charge in [-0.15, -0.1) is 0 Å². The van der Waals surface area contributed by atoms with Gasteiger partial charge in [0, 0.05) is 17.2 Å². The number of alkyl halides is 3. The van der Waals surface area contributed by atoms with E-state index in [2.05, 4.69) is 25.6 Å². The Morgan fingerprint density at radius 3 is 2.39 bits per heavy atom. The van der Waals surface area contributed by atoms with Gasteiger partial charge < -0.3 is 0 Å². The summed E-state index contributed by atoms with van der Waals surface area (Å²) in [6.45, 7) is -0.177. The van der Waals surface area contributed by atoms with Crippen molar-refractivity contribution in [1.82, 2.24) is 9.71 Å². The molecule has 0 amide bonds. The average molecular weight is 430 g/mol. The van der Waals surface area contributed by atoms with Crippen LogP contribution in [0.2, 0.25) is 5.15 Å². The number of nitrogens with zero attached hydrogens (tertiary/aromatic N) is 1. The molecule has 0 aliphatic rings. The Morgan fingerprint density at radius 2 is 1.83 bits per heavy atom. The molecule has 1 aromatic heterocycles. The molecule has 0 aliphatic carbocycles. The first-order valence-electron chi connectivity index (χ1n) is 6.06. The first-order chi connectivity index (χ1) is 10.6. The molecule has 0 radical (unpaired) electrons. The predicted molar refractivity (Wildman–Crippen MR) is 82.4 cm³/mol. The largest absolute Gasteiger partial charge is 0.416 e. The molecule has 2 aromatic rings. The SMILES string of the molecule is O=S(=O)(NCc1ccc(C(F)(F)F)cc1)c1cc(Br)cnc1Cl. The quantitative estimate of drug-likeness (QED) is 0.748. The number of aromatic nitrogens is 1. The Morgan fingerprint density at radius 1 is 1.22 bits per heavy atom. The summed E-state index contributed by atoms with van der Waals surface area (Å²) in [7, 11) is -3.95. The lowest BCUT2D eigenvalue weighted by Crippen LogP contribution is -2.24. The maximum atomic E-state index is 12.5. The van der Waals surface area contributed by atoms with Crippen LogP contribution in [0.3, 0.4) is 0 Å². The highest BCUT2D eigenvalue weighted by Crippen LogP contribution is 2.29. The Bertz CT molecular complexity index is 811. The summed E-state index contributed by atoms with van der Waals surface area (Å²) >= 11 is 8.85. The van der Waals surface area contributed by atoms with Crippen molar-refractivity contribution < 1.29 is 21.6 Å². The monoisotopic (exact) mass is 428 g/mol. The van der Waals surface area contributed by atoms with E-state index in [9.17, 15) is 21.6 Å². The molecule has 1 heterocycles. The molecule has 1 N–H and O–H groups in total. The Hall–Kier alpha value is -1.16. The normalized spacial score (nSPS) is 12.4. The molecule has 0 fully saturated rings. The van der Waals surface area contributed by atoms with E-state index in [1.807, 2.05) is 0 Å². The third-order valence-corrected chi connectivity index (χ3v) is 5.07. The van der Waals surface area contributed by atoms with Crippen LogP contribution in [0.1, 0.15) is 11.1 Å². The van der Waals surface area contributed by atoms with Crippen molar-refractivity contribution in [2.24, 2.45) is 0 Å². The van der Waals surface area contributed by atoms with Gasteiger partial charge in [-0.05, 0) is 39.7 Å². The second-order valence-corrected chi connectivity index (χ2v) is 7.47. The molecule has 10 heteroatoms. The zero-order chi connectivity index (χ0) is 17.3. The van der Waals surface area contributed by atoms with Gasteiger partial charge in [0.25, 0.3) is 0 Å². The number of halogens is 5.